The molecule has 0 aliphatic carbocycles. The molecule has 108 valence electrons. The molecule has 0 spiro atoms. The quantitative estimate of drug-likeness (QED) is 0.315. The molecule has 0 atom stereocenters. The monoisotopic (exact) mass is 280 g/mol. The molecule has 2 aromatic heterocycles. The predicted octanol–water partition coefficient (Wildman–Crippen LogP) is -1.50. The third-order valence-corrected chi connectivity index (χ3v) is 2.57. The van der Waals surface area contributed by atoms with Gasteiger partial charge in [0.2, 0.25) is 11.9 Å². The van der Waals surface area contributed by atoms with E-state index in [1.165, 1.54) is 4.68 Å². The molecule has 0 saturated heterocycles. The number of rotatable bonds is 6. The van der Waals surface area contributed by atoms with Crippen molar-refractivity contribution in [2.45, 2.75) is 12.5 Å². The van der Waals surface area contributed by atoms with Crippen LogP contribution in [-0.4, -0.2) is 53.7 Å². The van der Waals surface area contributed by atoms with Crippen molar-refractivity contribution in [1.29, 1.82) is 0 Å². The normalized spacial score (nSPS) is 11.4. The Labute approximate surface area is 114 Å². The number of aromatic nitrogens is 5. The Bertz CT molecular complexity index is 554. The second-order valence-electron chi connectivity index (χ2n) is 4.38. The Balaban J connectivity index is 2.36. The number of nitrogen functional groups attached to an aromatic ring is 1. The lowest BCUT2D eigenvalue weighted by molar-refractivity contribution is 0.147. The minimum atomic E-state index is -0.964. The van der Waals surface area contributed by atoms with E-state index in [0.717, 1.165) is 0 Å². The molecule has 2 aromatic rings. The average molecular weight is 280 g/mol. The highest BCUT2D eigenvalue weighted by atomic mass is 16.3. The van der Waals surface area contributed by atoms with Gasteiger partial charge in [0.05, 0.1) is 18.8 Å². The van der Waals surface area contributed by atoms with Gasteiger partial charge in [0.25, 0.3) is 5.95 Å². The number of anilines is 2. The van der Waals surface area contributed by atoms with Crippen LogP contribution in [-0.2, 0) is 0 Å². The first kappa shape index (κ1) is 14.1. The molecule has 0 fully saturated rings. The third-order valence-electron chi connectivity index (χ3n) is 2.57. The van der Waals surface area contributed by atoms with Crippen LogP contribution in [0.4, 0.5) is 11.9 Å². The lowest BCUT2D eigenvalue weighted by Crippen LogP contribution is -2.43. The van der Waals surface area contributed by atoms with Crippen LogP contribution in [0.2, 0.25) is 0 Å². The summed E-state index contributed by atoms with van der Waals surface area (Å²) in [5, 5.41) is 25.4. The minimum Gasteiger partial charge on any atom is -0.394 e. The molecule has 10 nitrogen and oxygen atoms in total. The molecule has 0 bridgehead atoms. The maximum atomic E-state index is 9.27. The molecule has 0 aliphatic heterocycles. The lowest BCUT2D eigenvalue weighted by atomic mass is 10.1. The SMILES string of the molecule is CC(CO)(CO)Nc1nc(NN)nc(-n2cccn2)n1. The molecule has 0 aromatic carbocycles. The average Bonchev–Trinajstić information content (AvgIpc) is 3.01. The van der Waals surface area contributed by atoms with Crippen LogP contribution in [0.1, 0.15) is 6.92 Å². The Hall–Kier alpha value is -2.30. The maximum Gasteiger partial charge on any atom is 0.257 e. The van der Waals surface area contributed by atoms with Gasteiger partial charge in [0, 0.05) is 12.4 Å². The fourth-order valence-electron chi connectivity index (χ4n) is 1.37. The standard InChI is InChI=1S/C10H16N8O2/c1-10(5-19,6-20)16-7-13-8(17-11)15-9(14-7)18-4-2-3-12-18/h2-4,19-20H,5-6,11H2,1H3,(H2,13,14,15,16,17). The summed E-state index contributed by atoms with van der Waals surface area (Å²) in [6, 6.07) is 1.72. The molecule has 0 aliphatic rings. The summed E-state index contributed by atoms with van der Waals surface area (Å²) >= 11 is 0. The first-order valence-corrected chi connectivity index (χ1v) is 5.83. The van der Waals surface area contributed by atoms with E-state index in [9.17, 15) is 10.2 Å². The number of nitrogens with zero attached hydrogens (tertiary/aromatic N) is 5. The molecule has 0 saturated carbocycles. The molecule has 6 N–H and O–H groups in total. The van der Waals surface area contributed by atoms with Gasteiger partial charge in [-0.2, -0.15) is 20.1 Å². The number of hydrogen-bond acceptors (Lipinski definition) is 9. The zero-order valence-electron chi connectivity index (χ0n) is 10.9. The highest BCUT2D eigenvalue weighted by Crippen LogP contribution is 2.13. The van der Waals surface area contributed by atoms with Gasteiger partial charge in [0.1, 0.15) is 0 Å². The Morgan fingerprint density at radius 2 is 1.95 bits per heavy atom. The summed E-state index contributed by atoms with van der Waals surface area (Å²) in [5.74, 6) is 5.85. The number of hydrogen-bond donors (Lipinski definition) is 5. The molecular formula is C10H16N8O2. The molecule has 0 unspecified atom stereocenters. The van der Waals surface area contributed by atoms with Crippen LogP contribution in [0.15, 0.2) is 18.5 Å². The van der Waals surface area contributed by atoms with E-state index in [1.54, 1.807) is 25.4 Å². The van der Waals surface area contributed by atoms with E-state index >= 15 is 0 Å². The van der Waals surface area contributed by atoms with Crippen LogP contribution in [0.25, 0.3) is 5.95 Å². The number of aliphatic hydroxyl groups is 2. The van der Waals surface area contributed by atoms with Gasteiger partial charge in [-0.05, 0) is 13.0 Å². The first-order valence-electron chi connectivity index (χ1n) is 5.83. The van der Waals surface area contributed by atoms with Crippen molar-refractivity contribution in [1.82, 2.24) is 24.7 Å². The van der Waals surface area contributed by atoms with Gasteiger partial charge >= 0.3 is 0 Å². The van der Waals surface area contributed by atoms with Crippen LogP contribution < -0.4 is 16.6 Å². The summed E-state index contributed by atoms with van der Waals surface area (Å²) in [4.78, 5) is 12.2. The van der Waals surface area contributed by atoms with Crippen molar-refractivity contribution in [2.75, 3.05) is 24.0 Å². The number of aliphatic hydroxyl groups excluding tert-OH is 2. The van der Waals surface area contributed by atoms with Crippen molar-refractivity contribution in [3.8, 4) is 5.95 Å². The van der Waals surface area contributed by atoms with Crippen molar-refractivity contribution < 1.29 is 10.2 Å². The highest BCUT2D eigenvalue weighted by Gasteiger charge is 2.24. The molecule has 2 heterocycles. The second kappa shape index (κ2) is 5.77. The van der Waals surface area contributed by atoms with E-state index in [2.05, 4.69) is 30.8 Å². The molecule has 2 rings (SSSR count). The van der Waals surface area contributed by atoms with Crippen molar-refractivity contribution >= 4 is 11.9 Å². The summed E-state index contributed by atoms with van der Waals surface area (Å²) in [6.07, 6.45) is 3.24. The second-order valence-corrected chi connectivity index (χ2v) is 4.38. The Morgan fingerprint density at radius 3 is 2.50 bits per heavy atom. The summed E-state index contributed by atoms with van der Waals surface area (Å²) in [6.45, 7) is 1.04. The minimum absolute atomic E-state index is 0.131. The van der Waals surface area contributed by atoms with Gasteiger partial charge in [0.15, 0.2) is 0 Å². The summed E-state index contributed by atoms with van der Waals surface area (Å²) < 4.78 is 1.43. The van der Waals surface area contributed by atoms with Crippen LogP contribution in [0.5, 0.6) is 0 Å². The zero-order valence-corrected chi connectivity index (χ0v) is 10.9. The number of nitrogens with one attached hydrogen (secondary N) is 2. The van der Waals surface area contributed by atoms with Gasteiger partial charge in [-0.3, -0.25) is 5.43 Å². The highest BCUT2D eigenvalue weighted by molar-refractivity contribution is 5.38. The van der Waals surface area contributed by atoms with E-state index < -0.39 is 5.54 Å². The molecule has 10 heteroatoms. The zero-order chi connectivity index (χ0) is 14.6. The smallest absolute Gasteiger partial charge is 0.257 e. The van der Waals surface area contributed by atoms with Gasteiger partial charge < -0.3 is 15.5 Å². The van der Waals surface area contributed by atoms with E-state index in [0.29, 0.717) is 0 Å². The first-order chi connectivity index (χ1) is 9.60. The number of nitrogens with two attached hydrogens (primary N) is 1. The third kappa shape index (κ3) is 2.99. The van der Waals surface area contributed by atoms with Gasteiger partial charge in [-0.1, -0.05) is 0 Å². The van der Waals surface area contributed by atoms with E-state index in [1.807, 2.05) is 0 Å². The number of hydrazine groups is 1. The Kier molecular flexibility index (Phi) is 4.08. The molecule has 0 amide bonds. The van der Waals surface area contributed by atoms with Crippen molar-refractivity contribution in [3.63, 3.8) is 0 Å². The van der Waals surface area contributed by atoms with Crippen molar-refractivity contribution in [2.24, 2.45) is 5.84 Å². The maximum absolute atomic E-state index is 9.27. The van der Waals surface area contributed by atoms with Crippen molar-refractivity contribution in [3.05, 3.63) is 18.5 Å². The van der Waals surface area contributed by atoms with Crippen LogP contribution in [0, 0.1) is 0 Å². The van der Waals surface area contributed by atoms with Gasteiger partial charge in [-0.25, -0.2) is 10.5 Å². The van der Waals surface area contributed by atoms with Crippen LogP contribution >= 0.6 is 0 Å². The lowest BCUT2D eigenvalue weighted by Gasteiger charge is -2.26. The molecule has 0 radical (unpaired) electrons. The molecular weight excluding hydrogens is 264 g/mol. The fraction of sp³-hybridized carbons (Fsp3) is 0.400. The largest absolute Gasteiger partial charge is 0.394 e. The summed E-state index contributed by atoms with van der Waals surface area (Å²) in [7, 11) is 0. The summed E-state index contributed by atoms with van der Waals surface area (Å²) in [5.41, 5.74) is 1.36. The van der Waals surface area contributed by atoms with Crippen LogP contribution in [0.3, 0.4) is 0 Å². The topological polar surface area (TPSA) is 147 Å². The predicted molar refractivity (Wildman–Crippen MR) is 71.0 cm³/mol. The van der Waals surface area contributed by atoms with E-state index in [-0.39, 0.29) is 31.1 Å². The van der Waals surface area contributed by atoms with E-state index in [4.69, 9.17) is 5.84 Å². The molecule has 20 heavy (non-hydrogen) atoms. The Morgan fingerprint density at radius 1 is 1.25 bits per heavy atom. The van der Waals surface area contributed by atoms with Gasteiger partial charge in [-0.15, -0.1) is 0 Å². The fourth-order valence-corrected chi connectivity index (χ4v) is 1.37.